The van der Waals surface area contributed by atoms with Crippen molar-refractivity contribution in [3.8, 4) is 6.07 Å². The molecular formula is C15H18ClN3O3. The fourth-order valence-corrected chi connectivity index (χ4v) is 1.63. The van der Waals surface area contributed by atoms with Gasteiger partial charge in [-0.2, -0.15) is 5.26 Å². The highest BCUT2D eigenvalue weighted by Gasteiger charge is 2.30. The third-order valence-corrected chi connectivity index (χ3v) is 3.70. The summed E-state index contributed by atoms with van der Waals surface area (Å²) in [6.45, 7) is 4.75. The molecule has 7 heteroatoms. The molecule has 1 rings (SSSR count). The number of halogens is 1. The Balaban J connectivity index is 2.62. The van der Waals surface area contributed by atoms with Crippen LogP contribution in [-0.4, -0.2) is 24.0 Å². The van der Waals surface area contributed by atoms with E-state index in [-0.39, 0.29) is 17.2 Å². The van der Waals surface area contributed by atoms with Gasteiger partial charge < -0.3 is 15.8 Å². The second kappa shape index (κ2) is 7.14. The van der Waals surface area contributed by atoms with Gasteiger partial charge in [0.1, 0.15) is 5.54 Å². The average Bonchev–Trinajstić information content (AvgIpc) is 2.47. The summed E-state index contributed by atoms with van der Waals surface area (Å²) in [5.41, 5.74) is 5.02. The van der Waals surface area contributed by atoms with E-state index in [0.29, 0.717) is 5.02 Å². The SMILES string of the molecule is CC(C)[C@](C)(C#N)NC(=O)COC(=O)c1ccc(Cl)c(N)c1. The first-order valence-electron chi connectivity index (χ1n) is 6.64. The van der Waals surface area contributed by atoms with Crippen LogP contribution in [0, 0.1) is 17.2 Å². The van der Waals surface area contributed by atoms with Crippen LogP contribution >= 0.6 is 11.6 Å². The van der Waals surface area contributed by atoms with E-state index in [1.807, 2.05) is 19.9 Å². The van der Waals surface area contributed by atoms with Gasteiger partial charge in [0, 0.05) is 0 Å². The summed E-state index contributed by atoms with van der Waals surface area (Å²) < 4.78 is 4.90. The quantitative estimate of drug-likeness (QED) is 0.638. The molecule has 3 N–H and O–H groups in total. The second-order valence-corrected chi connectivity index (χ2v) is 5.74. The molecule has 0 unspecified atom stereocenters. The van der Waals surface area contributed by atoms with Crippen LogP contribution in [0.2, 0.25) is 5.02 Å². The zero-order valence-electron chi connectivity index (χ0n) is 12.6. The summed E-state index contributed by atoms with van der Waals surface area (Å²) in [6.07, 6.45) is 0. The molecule has 6 nitrogen and oxygen atoms in total. The molecule has 0 aromatic heterocycles. The molecule has 0 aliphatic carbocycles. The number of nitriles is 1. The lowest BCUT2D eigenvalue weighted by Gasteiger charge is -2.27. The number of ether oxygens (including phenoxy) is 1. The predicted molar refractivity (Wildman–Crippen MR) is 83.1 cm³/mol. The number of nitrogens with one attached hydrogen (secondary N) is 1. The minimum atomic E-state index is -1.02. The lowest BCUT2D eigenvalue weighted by Crippen LogP contribution is -2.50. The Hall–Kier alpha value is -2.26. The molecule has 1 aromatic rings. The lowest BCUT2D eigenvalue weighted by molar-refractivity contribution is -0.125. The van der Waals surface area contributed by atoms with Crippen LogP contribution in [-0.2, 0) is 9.53 Å². The summed E-state index contributed by atoms with van der Waals surface area (Å²) >= 11 is 5.76. The number of rotatable bonds is 5. The summed E-state index contributed by atoms with van der Waals surface area (Å²) in [5.74, 6) is -1.33. The highest BCUT2D eigenvalue weighted by molar-refractivity contribution is 6.33. The highest BCUT2D eigenvalue weighted by Crippen LogP contribution is 2.20. The molecule has 118 valence electrons. The summed E-state index contributed by atoms with van der Waals surface area (Å²) in [5, 5.41) is 12.0. The number of carbonyl (C=O) groups is 2. The van der Waals surface area contributed by atoms with Crippen molar-refractivity contribution in [1.82, 2.24) is 5.32 Å². The van der Waals surface area contributed by atoms with Crippen LogP contribution in [0.3, 0.4) is 0 Å². The monoisotopic (exact) mass is 323 g/mol. The summed E-state index contributed by atoms with van der Waals surface area (Å²) in [7, 11) is 0. The van der Waals surface area contributed by atoms with E-state index >= 15 is 0 Å². The van der Waals surface area contributed by atoms with Crippen molar-refractivity contribution in [3.63, 3.8) is 0 Å². The van der Waals surface area contributed by atoms with Gasteiger partial charge >= 0.3 is 5.97 Å². The molecule has 0 saturated heterocycles. The maximum Gasteiger partial charge on any atom is 0.338 e. The largest absolute Gasteiger partial charge is 0.452 e. The lowest BCUT2D eigenvalue weighted by atomic mass is 9.90. The van der Waals surface area contributed by atoms with Gasteiger partial charge in [-0.25, -0.2) is 4.79 Å². The first kappa shape index (κ1) is 17.8. The molecular weight excluding hydrogens is 306 g/mol. The van der Waals surface area contributed by atoms with E-state index in [4.69, 9.17) is 27.3 Å². The predicted octanol–water partition coefficient (Wildman–Crippen LogP) is 2.13. The number of esters is 1. The van der Waals surface area contributed by atoms with Gasteiger partial charge in [0.25, 0.3) is 5.91 Å². The van der Waals surface area contributed by atoms with E-state index in [2.05, 4.69) is 5.32 Å². The standard InChI is InChI=1S/C15H18ClN3O3/c1-9(2)15(3,8-17)19-13(20)7-22-14(21)10-4-5-11(16)12(18)6-10/h4-6,9H,7,18H2,1-3H3,(H,19,20)/t15-/m0/s1. The maximum absolute atomic E-state index is 11.8. The summed E-state index contributed by atoms with van der Waals surface area (Å²) in [6, 6.07) is 6.33. The maximum atomic E-state index is 11.8. The van der Waals surface area contributed by atoms with Crippen molar-refractivity contribution in [1.29, 1.82) is 5.26 Å². The summed E-state index contributed by atoms with van der Waals surface area (Å²) in [4.78, 5) is 23.6. The number of nitrogens with two attached hydrogens (primary N) is 1. The molecule has 1 atom stereocenters. The van der Waals surface area contributed by atoms with Gasteiger partial charge in [-0.05, 0) is 31.0 Å². The van der Waals surface area contributed by atoms with E-state index in [9.17, 15) is 9.59 Å². The fraction of sp³-hybridized carbons (Fsp3) is 0.400. The fourth-order valence-electron chi connectivity index (χ4n) is 1.51. The average molecular weight is 324 g/mol. The Morgan fingerprint density at radius 2 is 2.14 bits per heavy atom. The van der Waals surface area contributed by atoms with Crippen molar-refractivity contribution in [3.05, 3.63) is 28.8 Å². The van der Waals surface area contributed by atoms with E-state index in [0.717, 1.165) is 0 Å². The zero-order chi connectivity index (χ0) is 16.9. The molecule has 0 saturated carbocycles. The molecule has 1 amide bonds. The number of nitrogen functional groups attached to an aromatic ring is 1. The van der Waals surface area contributed by atoms with E-state index in [1.165, 1.54) is 18.2 Å². The van der Waals surface area contributed by atoms with Crippen molar-refractivity contribution >= 4 is 29.2 Å². The van der Waals surface area contributed by atoms with E-state index < -0.39 is 24.0 Å². The Morgan fingerprint density at radius 3 is 2.64 bits per heavy atom. The van der Waals surface area contributed by atoms with Crippen LogP contribution in [0.4, 0.5) is 5.69 Å². The minimum Gasteiger partial charge on any atom is -0.452 e. The van der Waals surface area contributed by atoms with Gasteiger partial charge in [0.2, 0.25) is 0 Å². The van der Waals surface area contributed by atoms with Crippen molar-refractivity contribution < 1.29 is 14.3 Å². The van der Waals surface area contributed by atoms with Crippen LogP contribution in [0.25, 0.3) is 0 Å². The second-order valence-electron chi connectivity index (χ2n) is 5.33. The molecule has 0 spiro atoms. The van der Waals surface area contributed by atoms with Crippen LogP contribution in [0.15, 0.2) is 18.2 Å². The number of carbonyl (C=O) groups excluding carboxylic acids is 2. The molecule has 0 aliphatic heterocycles. The van der Waals surface area contributed by atoms with Crippen molar-refractivity contribution in [2.45, 2.75) is 26.3 Å². The third-order valence-electron chi connectivity index (χ3n) is 3.35. The number of hydrogen-bond acceptors (Lipinski definition) is 5. The highest BCUT2D eigenvalue weighted by atomic mass is 35.5. The van der Waals surface area contributed by atoms with Gasteiger partial charge in [-0.1, -0.05) is 25.4 Å². The topological polar surface area (TPSA) is 105 Å². The Bertz CT molecular complexity index is 625. The van der Waals surface area contributed by atoms with Gasteiger partial charge in [0.05, 0.1) is 22.3 Å². The van der Waals surface area contributed by atoms with Crippen molar-refractivity contribution in [2.24, 2.45) is 5.92 Å². The normalized spacial score (nSPS) is 13.1. The Kier molecular flexibility index (Phi) is 5.77. The van der Waals surface area contributed by atoms with Gasteiger partial charge in [-0.15, -0.1) is 0 Å². The molecule has 0 bridgehead atoms. The molecule has 0 heterocycles. The first-order chi connectivity index (χ1) is 10.2. The van der Waals surface area contributed by atoms with Crippen LogP contribution < -0.4 is 11.1 Å². The third kappa shape index (κ3) is 4.37. The van der Waals surface area contributed by atoms with Gasteiger partial charge in [-0.3, -0.25) is 4.79 Å². The zero-order valence-corrected chi connectivity index (χ0v) is 13.4. The molecule has 1 aromatic carbocycles. The number of hydrogen-bond donors (Lipinski definition) is 2. The number of benzene rings is 1. The minimum absolute atomic E-state index is 0.0896. The first-order valence-corrected chi connectivity index (χ1v) is 7.02. The van der Waals surface area contributed by atoms with Gasteiger partial charge in [0.15, 0.2) is 6.61 Å². The number of anilines is 1. The smallest absolute Gasteiger partial charge is 0.338 e. The number of nitrogens with zero attached hydrogens (tertiary/aromatic N) is 1. The Morgan fingerprint density at radius 1 is 1.50 bits per heavy atom. The van der Waals surface area contributed by atoms with Crippen LogP contribution in [0.1, 0.15) is 31.1 Å². The van der Waals surface area contributed by atoms with Crippen LogP contribution in [0.5, 0.6) is 0 Å². The molecule has 0 radical (unpaired) electrons. The Labute approximate surface area is 134 Å². The molecule has 0 fully saturated rings. The van der Waals surface area contributed by atoms with E-state index in [1.54, 1.807) is 6.92 Å². The molecule has 22 heavy (non-hydrogen) atoms. The molecule has 0 aliphatic rings. The number of amides is 1. The van der Waals surface area contributed by atoms with Crippen molar-refractivity contribution in [2.75, 3.05) is 12.3 Å².